The van der Waals surface area contributed by atoms with Crippen LogP contribution < -0.4 is 10.6 Å². The lowest BCUT2D eigenvalue weighted by atomic mass is 10.00. The van der Waals surface area contributed by atoms with Gasteiger partial charge in [0, 0.05) is 16.7 Å². The molecule has 1 aromatic heterocycles. The maximum Gasteiger partial charge on any atom is 0.320 e. The first-order valence-corrected chi connectivity index (χ1v) is 9.47. The van der Waals surface area contributed by atoms with Gasteiger partial charge < -0.3 is 15.7 Å². The zero-order chi connectivity index (χ0) is 15.5. The van der Waals surface area contributed by atoms with Crippen molar-refractivity contribution in [3.8, 4) is 0 Å². The molecule has 0 spiro atoms. The standard InChI is InChI=1S/C15H20N2O3S2/c18-13(8-21-10-6-11(15(19)20)16-7-10)17-14-5-9-3-1-2-4-12(9)22-14/h5,10-11,16H,1-4,6-8H2,(H,17,18)(H,19,20). The molecule has 3 rings (SSSR count). The monoisotopic (exact) mass is 340 g/mol. The van der Waals surface area contributed by atoms with E-state index in [2.05, 4.69) is 16.7 Å². The molecule has 1 aliphatic carbocycles. The second-order valence-corrected chi connectivity index (χ2v) is 8.21. The number of amides is 1. The Morgan fingerprint density at radius 1 is 1.41 bits per heavy atom. The Morgan fingerprint density at radius 3 is 2.95 bits per heavy atom. The van der Waals surface area contributed by atoms with Gasteiger partial charge in [-0.3, -0.25) is 9.59 Å². The van der Waals surface area contributed by atoms with Gasteiger partial charge in [-0.05, 0) is 43.7 Å². The lowest BCUT2D eigenvalue weighted by molar-refractivity contribution is -0.139. The predicted molar refractivity (Wildman–Crippen MR) is 89.9 cm³/mol. The lowest BCUT2D eigenvalue weighted by Gasteiger charge is -2.08. The van der Waals surface area contributed by atoms with Gasteiger partial charge in [-0.2, -0.15) is 0 Å². The number of aliphatic carboxylic acids is 1. The topological polar surface area (TPSA) is 78.4 Å². The Labute approximate surface area is 137 Å². The van der Waals surface area contributed by atoms with Crippen LogP contribution in [0.4, 0.5) is 5.00 Å². The summed E-state index contributed by atoms with van der Waals surface area (Å²) >= 11 is 3.23. The Hall–Kier alpha value is -1.05. The van der Waals surface area contributed by atoms with Crippen molar-refractivity contribution < 1.29 is 14.7 Å². The van der Waals surface area contributed by atoms with Crippen molar-refractivity contribution in [2.24, 2.45) is 0 Å². The number of anilines is 1. The van der Waals surface area contributed by atoms with Gasteiger partial charge in [-0.15, -0.1) is 23.1 Å². The molecule has 1 aromatic rings. The molecular weight excluding hydrogens is 320 g/mol. The van der Waals surface area contributed by atoms with Gasteiger partial charge in [0.15, 0.2) is 0 Å². The summed E-state index contributed by atoms with van der Waals surface area (Å²) in [4.78, 5) is 24.3. The van der Waals surface area contributed by atoms with E-state index in [4.69, 9.17) is 5.11 Å². The van der Waals surface area contributed by atoms with Gasteiger partial charge in [-0.25, -0.2) is 0 Å². The quantitative estimate of drug-likeness (QED) is 0.765. The van der Waals surface area contributed by atoms with Crippen LogP contribution in [0.5, 0.6) is 0 Å². The van der Waals surface area contributed by atoms with E-state index in [-0.39, 0.29) is 11.2 Å². The first-order chi connectivity index (χ1) is 10.6. The number of hydrogen-bond donors (Lipinski definition) is 3. The maximum atomic E-state index is 12.0. The van der Waals surface area contributed by atoms with Crippen molar-refractivity contribution in [2.45, 2.75) is 43.4 Å². The highest BCUT2D eigenvalue weighted by molar-refractivity contribution is 8.00. The summed E-state index contributed by atoms with van der Waals surface area (Å²) in [5, 5.41) is 16.0. The van der Waals surface area contributed by atoms with Crippen molar-refractivity contribution in [3.63, 3.8) is 0 Å². The Balaban J connectivity index is 1.45. The molecule has 7 heteroatoms. The smallest absolute Gasteiger partial charge is 0.320 e. The third-order valence-electron chi connectivity index (χ3n) is 4.10. The highest BCUT2D eigenvalue weighted by Gasteiger charge is 2.29. The normalized spacial score (nSPS) is 24.0. The summed E-state index contributed by atoms with van der Waals surface area (Å²) in [6.45, 7) is 0.655. The maximum absolute atomic E-state index is 12.0. The number of fused-ring (bicyclic) bond motifs is 1. The number of thioether (sulfide) groups is 1. The van der Waals surface area contributed by atoms with Crippen LogP contribution in [-0.2, 0) is 22.4 Å². The third kappa shape index (κ3) is 3.83. The first kappa shape index (κ1) is 15.8. The van der Waals surface area contributed by atoms with E-state index in [1.165, 1.54) is 35.0 Å². The molecule has 0 aromatic carbocycles. The number of carboxylic acid groups (broad SMARTS) is 1. The molecule has 1 aliphatic heterocycles. The average molecular weight is 340 g/mol. The number of nitrogens with one attached hydrogen (secondary N) is 2. The second kappa shape index (κ2) is 7.02. The number of carbonyl (C=O) groups excluding carboxylic acids is 1. The van der Waals surface area contributed by atoms with Crippen LogP contribution in [-0.4, -0.2) is 40.6 Å². The molecular formula is C15H20N2O3S2. The van der Waals surface area contributed by atoms with Crippen LogP contribution in [0.25, 0.3) is 0 Å². The van der Waals surface area contributed by atoms with E-state index in [9.17, 15) is 9.59 Å². The molecule has 0 radical (unpaired) electrons. The number of thiophene rings is 1. The van der Waals surface area contributed by atoms with Crippen LogP contribution in [0.15, 0.2) is 6.07 Å². The zero-order valence-corrected chi connectivity index (χ0v) is 13.9. The Kier molecular flexibility index (Phi) is 5.05. The number of carboxylic acids is 1. The minimum absolute atomic E-state index is 0.00220. The third-order valence-corrected chi connectivity index (χ3v) is 6.51. The molecule has 2 atom stereocenters. The molecule has 2 heterocycles. The lowest BCUT2D eigenvalue weighted by Crippen LogP contribution is -2.29. The fourth-order valence-electron chi connectivity index (χ4n) is 2.94. The summed E-state index contributed by atoms with van der Waals surface area (Å²) in [6.07, 6.45) is 5.33. The van der Waals surface area contributed by atoms with Gasteiger partial charge in [-0.1, -0.05) is 0 Å². The Morgan fingerprint density at radius 2 is 2.23 bits per heavy atom. The molecule has 22 heavy (non-hydrogen) atoms. The van der Waals surface area contributed by atoms with Gasteiger partial charge in [0.2, 0.25) is 5.91 Å². The average Bonchev–Trinajstić information content (AvgIpc) is 3.11. The molecule has 2 aliphatic rings. The molecule has 0 bridgehead atoms. The minimum atomic E-state index is -0.809. The van der Waals surface area contributed by atoms with Crippen molar-refractivity contribution >= 4 is 40.0 Å². The number of carbonyl (C=O) groups is 2. The molecule has 2 unspecified atom stereocenters. The number of hydrogen-bond acceptors (Lipinski definition) is 5. The molecule has 1 fully saturated rings. The van der Waals surface area contributed by atoms with Crippen LogP contribution in [0, 0.1) is 0 Å². The highest BCUT2D eigenvalue weighted by Crippen LogP contribution is 2.33. The predicted octanol–water partition coefficient (Wildman–Crippen LogP) is 2.11. The molecule has 0 saturated carbocycles. The van der Waals surface area contributed by atoms with Crippen LogP contribution in [0.2, 0.25) is 0 Å². The summed E-state index contributed by atoms with van der Waals surface area (Å²) in [5.41, 5.74) is 1.39. The summed E-state index contributed by atoms with van der Waals surface area (Å²) in [6, 6.07) is 1.64. The fourth-order valence-corrected chi connectivity index (χ4v) is 5.11. The van der Waals surface area contributed by atoms with Crippen LogP contribution in [0.3, 0.4) is 0 Å². The van der Waals surface area contributed by atoms with E-state index < -0.39 is 12.0 Å². The van der Waals surface area contributed by atoms with Crippen molar-refractivity contribution in [3.05, 3.63) is 16.5 Å². The number of rotatable bonds is 5. The van der Waals surface area contributed by atoms with Crippen molar-refractivity contribution in [1.29, 1.82) is 0 Å². The minimum Gasteiger partial charge on any atom is -0.480 e. The van der Waals surface area contributed by atoms with E-state index in [1.54, 1.807) is 11.3 Å². The van der Waals surface area contributed by atoms with Gasteiger partial charge in [0.1, 0.15) is 6.04 Å². The zero-order valence-electron chi connectivity index (χ0n) is 12.3. The second-order valence-electron chi connectivity index (χ2n) is 5.78. The van der Waals surface area contributed by atoms with Crippen molar-refractivity contribution in [1.82, 2.24) is 5.32 Å². The molecule has 120 valence electrons. The number of aryl methyl sites for hydroxylation is 2. The van der Waals surface area contributed by atoms with Gasteiger partial charge in [0.05, 0.1) is 10.8 Å². The fraction of sp³-hybridized carbons (Fsp3) is 0.600. The molecule has 1 saturated heterocycles. The van der Waals surface area contributed by atoms with E-state index in [1.807, 2.05) is 0 Å². The summed E-state index contributed by atoms with van der Waals surface area (Å²) in [7, 11) is 0. The van der Waals surface area contributed by atoms with Crippen molar-refractivity contribution in [2.75, 3.05) is 17.6 Å². The molecule has 1 amide bonds. The van der Waals surface area contributed by atoms with E-state index in [0.29, 0.717) is 18.7 Å². The summed E-state index contributed by atoms with van der Waals surface area (Å²) < 4.78 is 0. The van der Waals surface area contributed by atoms with Gasteiger partial charge in [0.25, 0.3) is 0 Å². The van der Waals surface area contributed by atoms with Crippen LogP contribution >= 0.6 is 23.1 Å². The first-order valence-electron chi connectivity index (χ1n) is 7.61. The SMILES string of the molecule is O=C(CSC1CNC(C(=O)O)C1)Nc1cc2c(s1)CCCC2. The summed E-state index contributed by atoms with van der Waals surface area (Å²) in [5.74, 6) is -0.430. The Bertz CT molecular complexity index is 550. The molecule has 5 nitrogen and oxygen atoms in total. The van der Waals surface area contributed by atoms with Crippen LogP contribution in [0.1, 0.15) is 29.7 Å². The largest absolute Gasteiger partial charge is 0.480 e. The van der Waals surface area contributed by atoms with Gasteiger partial charge >= 0.3 is 5.97 Å². The molecule has 3 N–H and O–H groups in total. The van der Waals surface area contributed by atoms with E-state index >= 15 is 0 Å². The highest BCUT2D eigenvalue weighted by atomic mass is 32.2. The van der Waals surface area contributed by atoms with E-state index in [0.717, 1.165) is 17.8 Å².